The lowest BCUT2D eigenvalue weighted by Crippen LogP contribution is -2.26. The molecular formula is C67H45N3. The minimum atomic E-state index is -0.539. The maximum atomic E-state index is 2.47. The van der Waals surface area contributed by atoms with E-state index in [9.17, 15) is 0 Å². The molecule has 1 unspecified atom stereocenters. The van der Waals surface area contributed by atoms with Crippen molar-refractivity contribution >= 4 is 55.9 Å². The Kier molecular flexibility index (Phi) is 9.11. The van der Waals surface area contributed by atoms with Crippen LogP contribution < -0.4 is 9.80 Å². The second kappa shape index (κ2) is 16.0. The van der Waals surface area contributed by atoms with E-state index in [-0.39, 0.29) is 0 Å². The predicted octanol–water partition coefficient (Wildman–Crippen LogP) is 17.7. The molecule has 11 aromatic carbocycles. The van der Waals surface area contributed by atoms with E-state index in [1.165, 1.54) is 71.9 Å². The lowest BCUT2D eigenvalue weighted by molar-refractivity contribution is 0.793. The molecule has 3 nitrogen and oxygen atoms in total. The molecule has 328 valence electrons. The quantitative estimate of drug-likeness (QED) is 0.151. The topological polar surface area (TPSA) is 11.4 Å². The number of fused-ring (bicyclic) bond motifs is 13. The highest BCUT2D eigenvalue weighted by molar-refractivity contribution is 6.10. The fraction of sp³-hybridized carbons (Fsp3) is 0.0149. The van der Waals surface area contributed by atoms with Gasteiger partial charge in [-0.25, -0.2) is 0 Å². The summed E-state index contributed by atoms with van der Waals surface area (Å²) >= 11 is 0. The van der Waals surface area contributed by atoms with Gasteiger partial charge in [0.05, 0.1) is 16.4 Å². The van der Waals surface area contributed by atoms with Gasteiger partial charge in [0.1, 0.15) is 0 Å². The average Bonchev–Trinajstić information content (AvgIpc) is 4.04. The van der Waals surface area contributed by atoms with Crippen molar-refractivity contribution in [2.24, 2.45) is 0 Å². The van der Waals surface area contributed by atoms with Crippen LogP contribution in [0.2, 0.25) is 0 Å². The van der Waals surface area contributed by atoms with Crippen molar-refractivity contribution in [3.05, 3.63) is 295 Å². The third kappa shape index (κ3) is 6.01. The molecule has 0 fully saturated rings. The summed E-state index contributed by atoms with van der Waals surface area (Å²) in [5.41, 5.74) is 22.3. The molecule has 0 radical (unpaired) electrons. The standard InChI is InChI=1S/C67H45N3/c1-5-19-46(20-6-1)47-33-35-51(36-34-47)69(54-38-41-59-58-29-15-18-32-65(58)70(66(59)45-54)50-25-11-4-12-26-50)52-39-42-63-60(43-52)56-28-14-17-31-62(56)67(63)61-30-16-13-27-55(61)57-40-37-53(44-64(57)67)68(48-21-7-2-8-22-48)49-23-9-3-10-24-49/h1-45H. The molecule has 2 aliphatic rings. The number of hydrogen-bond donors (Lipinski definition) is 0. The molecule has 1 atom stereocenters. The van der Waals surface area contributed by atoms with Crippen LogP contribution in [0, 0.1) is 0 Å². The van der Waals surface area contributed by atoms with E-state index in [0.29, 0.717) is 0 Å². The summed E-state index contributed by atoms with van der Waals surface area (Å²) in [6, 6.07) is 100. The van der Waals surface area contributed by atoms with Gasteiger partial charge in [-0.3, -0.25) is 0 Å². The average molecular weight is 892 g/mol. The molecule has 0 aliphatic heterocycles. The Hall–Kier alpha value is -9.18. The molecule has 12 aromatic rings. The van der Waals surface area contributed by atoms with Crippen LogP contribution in [0.1, 0.15) is 22.3 Å². The molecular weight excluding hydrogens is 847 g/mol. The lowest BCUT2D eigenvalue weighted by Gasteiger charge is -2.32. The van der Waals surface area contributed by atoms with E-state index in [4.69, 9.17) is 0 Å². The van der Waals surface area contributed by atoms with Crippen LogP contribution in [0.5, 0.6) is 0 Å². The molecule has 0 amide bonds. The fourth-order valence-electron chi connectivity index (χ4n) is 11.8. The van der Waals surface area contributed by atoms with E-state index >= 15 is 0 Å². The molecule has 0 saturated heterocycles. The van der Waals surface area contributed by atoms with Crippen molar-refractivity contribution in [3.8, 4) is 39.1 Å². The second-order valence-corrected chi connectivity index (χ2v) is 18.4. The van der Waals surface area contributed by atoms with E-state index in [0.717, 1.165) is 45.3 Å². The summed E-state index contributed by atoms with van der Waals surface area (Å²) in [4.78, 5) is 4.83. The van der Waals surface area contributed by atoms with Gasteiger partial charge in [-0.1, -0.05) is 182 Å². The van der Waals surface area contributed by atoms with Crippen LogP contribution in [-0.2, 0) is 5.41 Å². The van der Waals surface area contributed by atoms with E-state index in [1.54, 1.807) is 0 Å². The highest BCUT2D eigenvalue weighted by Gasteiger charge is 2.52. The van der Waals surface area contributed by atoms with Gasteiger partial charge in [0, 0.05) is 50.6 Å². The Bertz CT molecular complexity index is 3900. The van der Waals surface area contributed by atoms with E-state index < -0.39 is 5.41 Å². The van der Waals surface area contributed by atoms with Crippen molar-refractivity contribution in [1.29, 1.82) is 0 Å². The van der Waals surface area contributed by atoms with Gasteiger partial charge in [-0.15, -0.1) is 0 Å². The summed E-state index contributed by atoms with van der Waals surface area (Å²) in [6.07, 6.45) is 0. The number of nitrogens with zero attached hydrogens (tertiary/aromatic N) is 3. The smallest absolute Gasteiger partial charge is 0.0726 e. The summed E-state index contributed by atoms with van der Waals surface area (Å²) in [6.45, 7) is 0. The molecule has 0 saturated carbocycles. The van der Waals surface area contributed by atoms with Gasteiger partial charge in [-0.05, 0) is 147 Å². The zero-order chi connectivity index (χ0) is 46.2. The van der Waals surface area contributed by atoms with Crippen LogP contribution in [-0.4, -0.2) is 4.57 Å². The van der Waals surface area contributed by atoms with E-state index in [2.05, 4.69) is 287 Å². The van der Waals surface area contributed by atoms with Gasteiger partial charge in [0.15, 0.2) is 0 Å². The number of para-hydroxylation sites is 4. The summed E-state index contributed by atoms with van der Waals surface area (Å²) < 4.78 is 2.41. The maximum absolute atomic E-state index is 2.47. The molecule has 1 heterocycles. The molecule has 0 N–H and O–H groups in total. The van der Waals surface area contributed by atoms with Gasteiger partial charge < -0.3 is 14.4 Å². The van der Waals surface area contributed by atoms with Crippen molar-refractivity contribution < 1.29 is 0 Å². The molecule has 14 rings (SSSR count). The Morgan fingerprint density at radius 2 is 0.700 bits per heavy atom. The van der Waals surface area contributed by atoms with Crippen LogP contribution in [0.15, 0.2) is 273 Å². The first kappa shape index (κ1) is 39.9. The number of aromatic nitrogens is 1. The monoisotopic (exact) mass is 891 g/mol. The van der Waals surface area contributed by atoms with Crippen LogP contribution in [0.3, 0.4) is 0 Å². The van der Waals surface area contributed by atoms with Crippen LogP contribution >= 0.6 is 0 Å². The van der Waals surface area contributed by atoms with Gasteiger partial charge in [0.2, 0.25) is 0 Å². The Labute approximate surface area is 408 Å². The molecule has 2 aliphatic carbocycles. The highest BCUT2D eigenvalue weighted by Crippen LogP contribution is 2.64. The zero-order valence-electron chi connectivity index (χ0n) is 38.3. The zero-order valence-corrected chi connectivity index (χ0v) is 38.3. The molecule has 0 bridgehead atoms. The first-order valence-electron chi connectivity index (χ1n) is 24.2. The SMILES string of the molecule is c1ccc(-c2ccc(N(c3ccc4c(c3)-c3ccccc3C43c4ccccc4-c4ccc(N(c5ccccc5)c5ccccc5)cc43)c3ccc4c5ccccc5n(-c5ccccc5)c4c3)cc2)cc1. The number of hydrogen-bond acceptors (Lipinski definition) is 2. The summed E-state index contributed by atoms with van der Waals surface area (Å²) in [5.74, 6) is 0. The van der Waals surface area contributed by atoms with Gasteiger partial charge >= 0.3 is 0 Å². The number of benzene rings is 11. The second-order valence-electron chi connectivity index (χ2n) is 18.4. The van der Waals surface area contributed by atoms with Gasteiger partial charge in [0.25, 0.3) is 0 Å². The molecule has 3 heteroatoms. The summed E-state index contributed by atoms with van der Waals surface area (Å²) in [5, 5.41) is 2.46. The van der Waals surface area contributed by atoms with Crippen molar-refractivity contribution in [2.45, 2.75) is 5.41 Å². The first-order valence-corrected chi connectivity index (χ1v) is 24.2. The Morgan fingerprint density at radius 3 is 1.40 bits per heavy atom. The van der Waals surface area contributed by atoms with Gasteiger partial charge in [-0.2, -0.15) is 0 Å². The number of anilines is 6. The Morgan fingerprint density at radius 1 is 0.257 bits per heavy atom. The normalized spacial score (nSPS) is 14.1. The summed E-state index contributed by atoms with van der Waals surface area (Å²) in [7, 11) is 0. The first-order chi connectivity index (χ1) is 34.7. The van der Waals surface area contributed by atoms with E-state index in [1.807, 2.05) is 0 Å². The molecule has 70 heavy (non-hydrogen) atoms. The van der Waals surface area contributed by atoms with Crippen molar-refractivity contribution in [3.63, 3.8) is 0 Å². The maximum Gasteiger partial charge on any atom is 0.0726 e. The lowest BCUT2D eigenvalue weighted by atomic mass is 9.70. The fourth-order valence-corrected chi connectivity index (χ4v) is 11.8. The largest absolute Gasteiger partial charge is 0.310 e. The predicted molar refractivity (Wildman–Crippen MR) is 292 cm³/mol. The molecule has 1 spiro atoms. The third-order valence-corrected chi connectivity index (χ3v) is 14.8. The van der Waals surface area contributed by atoms with Crippen LogP contribution in [0.4, 0.5) is 34.1 Å². The third-order valence-electron chi connectivity index (χ3n) is 14.8. The Balaban J connectivity index is 0.990. The minimum absolute atomic E-state index is 0.539. The highest BCUT2D eigenvalue weighted by atomic mass is 15.1. The minimum Gasteiger partial charge on any atom is -0.310 e. The van der Waals surface area contributed by atoms with Crippen molar-refractivity contribution in [2.75, 3.05) is 9.80 Å². The van der Waals surface area contributed by atoms with Crippen LogP contribution in [0.25, 0.3) is 60.9 Å². The number of rotatable bonds is 8. The van der Waals surface area contributed by atoms with Crippen molar-refractivity contribution in [1.82, 2.24) is 4.57 Å². The molecule has 1 aromatic heterocycles.